The van der Waals surface area contributed by atoms with Crippen LogP contribution < -0.4 is 9.64 Å². The fraction of sp³-hybridized carbons (Fsp3) is 0.300. The molecule has 6 nitrogen and oxygen atoms in total. The van der Waals surface area contributed by atoms with Crippen molar-refractivity contribution in [3.8, 4) is 5.75 Å². The Hall–Kier alpha value is -3.02. The van der Waals surface area contributed by atoms with Gasteiger partial charge >= 0.3 is 5.97 Å². The first-order chi connectivity index (χ1) is 12.5. The number of rotatable bonds is 8. The smallest absolute Gasteiger partial charge is 0.306 e. The molecule has 0 radical (unpaired) electrons. The van der Waals surface area contributed by atoms with Crippen molar-refractivity contribution in [3.63, 3.8) is 0 Å². The molecular weight excluding hydrogens is 332 g/mol. The van der Waals surface area contributed by atoms with E-state index in [4.69, 9.17) is 14.3 Å². The van der Waals surface area contributed by atoms with Crippen LogP contribution in [-0.4, -0.2) is 36.3 Å². The molecular formula is C20H22N2O4. The molecule has 1 atom stereocenters. The third-order valence-corrected chi connectivity index (χ3v) is 4.19. The first-order valence-electron chi connectivity index (χ1n) is 8.54. The molecule has 1 heterocycles. The van der Waals surface area contributed by atoms with Crippen molar-refractivity contribution in [2.75, 3.05) is 25.1 Å². The number of anilines is 1. The van der Waals surface area contributed by atoms with Gasteiger partial charge in [0.05, 0.1) is 12.5 Å². The lowest BCUT2D eigenvalue weighted by atomic mass is 10.0. The Morgan fingerprint density at radius 2 is 1.96 bits per heavy atom. The van der Waals surface area contributed by atoms with Gasteiger partial charge in [0, 0.05) is 7.05 Å². The molecule has 0 spiro atoms. The van der Waals surface area contributed by atoms with Crippen molar-refractivity contribution in [1.29, 1.82) is 0 Å². The summed E-state index contributed by atoms with van der Waals surface area (Å²) in [7, 11) is 1.91. The van der Waals surface area contributed by atoms with Crippen molar-refractivity contribution in [2.45, 2.75) is 13.3 Å². The normalized spacial score (nSPS) is 12.1. The van der Waals surface area contributed by atoms with Crippen molar-refractivity contribution in [2.24, 2.45) is 5.92 Å². The largest absolute Gasteiger partial charge is 0.492 e. The molecule has 0 amide bonds. The molecule has 0 aliphatic heterocycles. The van der Waals surface area contributed by atoms with Gasteiger partial charge in [0.2, 0.25) is 0 Å². The van der Waals surface area contributed by atoms with Gasteiger partial charge in [-0.2, -0.15) is 4.98 Å². The number of ether oxygens (including phenoxy) is 1. The van der Waals surface area contributed by atoms with Gasteiger partial charge in [-0.25, -0.2) is 0 Å². The van der Waals surface area contributed by atoms with Gasteiger partial charge < -0.3 is 19.2 Å². The summed E-state index contributed by atoms with van der Waals surface area (Å²) >= 11 is 0. The van der Waals surface area contributed by atoms with Crippen LogP contribution in [0.2, 0.25) is 0 Å². The Bertz CT molecular complexity index is 840. The van der Waals surface area contributed by atoms with E-state index in [0.717, 1.165) is 22.4 Å². The molecule has 3 aromatic rings. The highest BCUT2D eigenvalue weighted by molar-refractivity contribution is 5.74. The molecule has 2 aromatic carbocycles. The number of carbonyl (C=O) groups is 1. The SMILES string of the molecule is C[C@@H](Cc1ccc(OCCN(C)c2nc3ccccc3o2)cc1)C(=O)O. The molecule has 0 unspecified atom stereocenters. The number of aromatic nitrogens is 1. The number of fused-ring (bicyclic) bond motifs is 1. The van der Waals surface area contributed by atoms with E-state index in [-0.39, 0.29) is 0 Å². The number of benzene rings is 2. The zero-order valence-electron chi connectivity index (χ0n) is 14.9. The number of para-hydroxylation sites is 2. The molecule has 0 saturated heterocycles. The number of hydrogen-bond acceptors (Lipinski definition) is 5. The average molecular weight is 354 g/mol. The highest BCUT2D eigenvalue weighted by Crippen LogP contribution is 2.20. The molecule has 26 heavy (non-hydrogen) atoms. The van der Waals surface area contributed by atoms with Crippen molar-refractivity contribution in [3.05, 3.63) is 54.1 Å². The molecule has 0 aliphatic rings. The van der Waals surface area contributed by atoms with Gasteiger partial charge in [-0.3, -0.25) is 4.79 Å². The summed E-state index contributed by atoms with van der Waals surface area (Å²) in [5.74, 6) is -0.429. The maximum absolute atomic E-state index is 10.9. The van der Waals surface area contributed by atoms with Crippen molar-refractivity contribution >= 4 is 23.1 Å². The van der Waals surface area contributed by atoms with Crippen LogP contribution in [0.4, 0.5) is 6.01 Å². The van der Waals surface area contributed by atoms with E-state index in [1.807, 2.05) is 60.5 Å². The van der Waals surface area contributed by atoms with E-state index in [2.05, 4.69) is 4.98 Å². The van der Waals surface area contributed by atoms with E-state index in [1.54, 1.807) is 6.92 Å². The summed E-state index contributed by atoms with van der Waals surface area (Å²) in [6.45, 7) is 2.82. The highest BCUT2D eigenvalue weighted by Gasteiger charge is 2.12. The summed E-state index contributed by atoms with van der Waals surface area (Å²) in [6.07, 6.45) is 0.510. The fourth-order valence-corrected chi connectivity index (χ4v) is 2.58. The summed E-state index contributed by atoms with van der Waals surface area (Å²) in [4.78, 5) is 17.3. The topological polar surface area (TPSA) is 75.8 Å². The number of nitrogens with zero attached hydrogens (tertiary/aromatic N) is 2. The molecule has 0 fully saturated rings. The zero-order chi connectivity index (χ0) is 18.5. The van der Waals surface area contributed by atoms with Gasteiger partial charge in [0.15, 0.2) is 5.58 Å². The molecule has 6 heteroatoms. The van der Waals surface area contributed by atoms with Gasteiger partial charge in [0.1, 0.15) is 17.9 Å². The number of oxazole rings is 1. The predicted octanol–water partition coefficient (Wildman–Crippen LogP) is 3.61. The molecule has 1 aromatic heterocycles. The second kappa shape index (κ2) is 7.91. The van der Waals surface area contributed by atoms with Crippen LogP contribution in [-0.2, 0) is 11.2 Å². The highest BCUT2D eigenvalue weighted by atomic mass is 16.5. The predicted molar refractivity (Wildman–Crippen MR) is 99.7 cm³/mol. The Kier molecular flexibility index (Phi) is 5.41. The van der Waals surface area contributed by atoms with Crippen LogP contribution in [0.15, 0.2) is 52.9 Å². The summed E-state index contributed by atoms with van der Waals surface area (Å²) < 4.78 is 11.5. The van der Waals surface area contributed by atoms with E-state index in [1.165, 1.54) is 0 Å². The summed E-state index contributed by atoms with van der Waals surface area (Å²) in [5.41, 5.74) is 2.58. The van der Waals surface area contributed by atoms with Crippen LogP contribution in [0.25, 0.3) is 11.1 Å². The maximum atomic E-state index is 10.9. The number of carboxylic acid groups (broad SMARTS) is 1. The number of carboxylic acids is 1. The third kappa shape index (κ3) is 4.33. The number of hydrogen-bond donors (Lipinski definition) is 1. The Morgan fingerprint density at radius 1 is 1.23 bits per heavy atom. The second-order valence-corrected chi connectivity index (χ2v) is 6.32. The van der Waals surface area contributed by atoms with E-state index < -0.39 is 11.9 Å². The van der Waals surface area contributed by atoms with Crippen molar-refractivity contribution in [1.82, 2.24) is 4.98 Å². The lowest BCUT2D eigenvalue weighted by Gasteiger charge is -2.15. The first kappa shape index (κ1) is 17.8. The van der Waals surface area contributed by atoms with Crippen molar-refractivity contribution < 1.29 is 19.1 Å². The van der Waals surface area contributed by atoms with E-state index >= 15 is 0 Å². The lowest BCUT2D eigenvalue weighted by molar-refractivity contribution is -0.141. The fourth-order valence-electron chi connectivity index (χ4n) is 2.58. The minimum atomic E-state index is -0.785. The van der Waals surface area contributed by atoms with Crippen LogP contribution in [0.3, 0.4) is 0 Å². The maximum Gasteiger partial charge on any atom is 0.306 e. The second-order valence-electron chi connectivity index (χ2n) is 6.32. The average Bonchev–Trinajstić information content (AvgIpc) is 3.07. The van der Waals surface area contributed by atoms with Crippen LogP contribution in [0.5, 0.6) is 5.75 Å². The molecule has 136 valence electrons. The summed E-state index contributed by atoms with van der Waals surface area (Å²) in [6, 6.07) is 15.8. The minimum Gasteiger partial charge on any atom is -0.492 e. The zero-order valence-corrected chi connectivity index (χ0v) is 14.9. The third-order valence-electron chi connectivity index (χ3n) is 4.19. The molecule has 0 bridgehead atoms. The van der Waals surface area contributed by atoms with Crippen LogP contribution in [0.1, 0.15) is 12.5 Å². The molecule has 0 saturated carbocycles. The van der Waals surface area contributed by atoms with Gasteiger partial charge in [-0.1, -0.05) is 31.2 Å². The number of aliphatic carboxylic acids is 1. The minimum absolute atomic E-state index is 0.397. The molecule has 1 N–H and O–H groups in total. The summed E-state index contributed by atoms with van der Waals surface area (Å²) in [5, 5.41) is 8.96. The molecule has 0 aliphatic carbocycles. The Balaban J connectivity index is 1.50. The van der Waals surface area contributed by atoms with Crippen LogP contribution in [0, 0.1) is 5.92 Å². The number of likely N-dealkylation sites (N-methyl/N-ethyl adjacent to an activating group) is 1. The van der Waals surface area contributed by atoms with Gasteiger partial charge in [0.25, 0.3) is 6.01 Å². The Labute approximate surface area is 152 Å². The Morgan fingerprint density at radius 3 is 2.65 bits per heavy atom. The van der Waals surface area contributed by atoms with Gasteiger partial charge in [-0.15, -0.1) is 0 Å². The standard InChI is InChI=1S/C20H22N2O4/c1-14(19(23)24)13-15-7-9-16(10-8-15)25-12-11-22(2)20-21-17-5-3-4-6-18(17)26-20/h3-10,14H,11-13H2,1-2H3,(H,23,24)/t14-/m0/s1. The van der Waals surface area contributed by atoms with E-state index in [9.17, 15) is 4.79 Å². The van der Waals surface area contributed by atoms with E-state index in [0.29, 0.717) is 25.6 Å². The monoisotopic (exact) mass is 354 g/mol. The van der Waals surface area contributed by atoms with Crippen LogP contribution >= 0.6 is 0 Å². The first-order valence-corrected chi connectivity index (χ1v) is 8.54. The quantitative estimate of drug-likeness (QED) is 0.666. The lowest BCUT2D eigenvalue weighted by Crippen LogP contribution is -2.23. The molecule has 3 rings (SSSR count). The van der Waals surface area contributed by atoms with Gasteiger partial charge in [-0.05, 0) is 36.2 Å².